The van der Waals surface area contributed by atoms with Gasteiger partial charge in [0.2, 0.25) is 0 Å². The van der Waals surface area contributed by atoms with Crippen LogP contribution in [0.2, 0.25) is 0 Å². The van der Waals surface area contributed by atoms with Crippen molar-refractivity contribution in [2.45, 2.75) is 6.42 Å². The lowest BCUT2D eigenvalue weighted by Gasteiger charge is -1.86. The number of carboxylic acid groups (broad SMARTS) is 1. The maximum Gasteiger partial charge on any atom is 0.328 e. The van der Waals surface area contributed by atoms with Crippen molar-refractivity contribution >= 4 is 23.4 Å². The molecule has 0 atom stereocenters. The highest BCUT2D eigenvalue weighted by molar-refractivity contribution is 7.11. The first-order chi connectivity index (χ1) is 7.72. The molecule has 0 amide bonds. The fourth-order valence-electron chi connectivity index (χ4n) is 1.01. The number of carboxylic acids is 1. The maximum absolute atomic E-state index is 10.3. The fraction of sp³-hybridized carbons (Fsp3) is 0.250. The summed E-state index contributed by atoms with van der Waals surface area (Å²) in [6.07, 6.45) is 3.52. The summed E-state index contributed by atoms with van der Waals surface area (Å²) in [5.74, 6) is 5.13. The molecule has 84 valence electrons. The van der Waals surface area contributed by atoms with E-state index in [1.807, 2.05) is 18.5 Å². The molecule has 1 aromatic rings. The lowest BCUT2D eigenvalue weighted by molar-refractivity contribution is -0.131. The van der Waals surface area contributed by atoms with Crippen LogP contribution < -0.4 is 5.32 Å². The first-order valence-electron chi connectivity index (χ1n) is 4.85. The number of hydrogen-bond acceptors (Lipinski definition) is 3. The van der Waals surface area contributed by atoms with Gasteiger partial charge in [0.1, 0.15) is 0 Å². The third-order valence-corrected chi connectivity index (χ3v) is 2.64. The molecule has 1 rings (SSSR count). The van der Waals surface area contributed by atoms with Crippen molar-refractivity contribution < 1.29 is 9.90 Å². The van der Waals surface area contributed by atoms with Crippen LogP contribution in [0.5, 0.6) is 0 Å². The van der Waals surface area contributed by atoms with Gasteiger partial charge in [-0.05, 0) is 19.2 Å². The van der Waals surface area contributed by atoms with Gasteiger partial charge in [-0.2, -0.15) is 0 Å². The van der Waals surface area contributed by atoms with Gasteiger partial charge in [0.15, 0.2) is 0 Å². The minimum Gasteiger partial charge on any atom is -0.478 e. The Balaban J connectivity index is 2.56. The van der Waals surface area contributed by atoms with Gasteiger partial charge in [-0.3, -0.25) is 0 Å². The van der Waals surface area contributed by atoms with Crippen LogP contribution in [0.25, 0.3) is 6.08 Å². The zero-order valence-electron chi connectivity index (χ0n) is 8.99. The molecule has 3 nitrogen and oxygen atoms in total. The number of aliphatic carboxylic acids is 1. The normalized spacial score (nSPS) is 10.1. The van der Waals surface area contributed by atoms with Crippen molar-refractivity contribution in [1.82, 2.24) is 5.32 Å². The average Bonchev–Trinajstić information content (AvgIpc) is 2.70. The summed E-state index contributed by atoms with van der Waals surface area (Å²) in [6, 6.07) is 1.89. The zero-order valence-corrected chi connectivity index (χ0v) is 9.80. The van der Waals surface area contributed by atoms with E-state index in [2.05, 4.69) is 17.2 Å². The standard InChI is InChI=1S/C12H13NO2S/c1-13-7-3-2-4-10-8-11(16-9-10)5-6-12(14)15/h5-6,8-9,13H,3,7H2,1H3,(H,14,15)/b6-5+. The Kier molecular flexibility index (Phi) is 5.34. The van der Waals surface area contributed by atoms with E-state index in [-0.39, 0.29) is 0 Å². The molecule has 0 radical (unpaired) electrons. The lowest BCUT2D eigenvalue weighted by atomic mass is 10.3. The molecule has 0 saturated heterocycles. The van der Waals surface area contributed by atoms with Crippen LogP contribution in [0.15, 0.2) is 17.5 Å². The zero-order chi connectivity index (χ0) is 11.8. The summed E-state index contributed by atoms with van der Waals surface area (Å²) < 4.78 is 0. The van der Waals surface area contributed by atoms with Crippen LogP contribution in [0, 0.1) is 11.8 Å². The van der Waals surface area contributed by atoms with Gasteiger partial charge in [-0.15, -0.1) is 11.3 Å². The highest BCUT2D eigenvalue weighted by atomic mass is 32.1. The van der Waals surface area contributed by atoms with Gasteiger partial charge >= 0.3 is 5.97 Å². The van der Waals surface area contributed by atoms with E-state index < -0.39 is 5.97 Å². The van der Waals surface area contributed by atoms with Crippen LogP contribution in [-0.4, -0.2) is 24.7 Å². The molecule has 0 spiro atoms. The maximum atomic E-state index is 10.3. The van der Waals surface area contributed by atoms with Crippen molar-refractivity contribution in [2.24, 2.45) is 0 Å². The second kappa shape index (κ2) is 6.83. The van der Waals surface area contributed by atoms with Gasteiger partial charge in [0.25, 0.3) is 0 Å². The molecular weight excluding hydrogens is 222 g/mol. The van der Waals surface area contributed by atoms with Gasteiger partial charge in [-0.25, -0.2) is 4.79 Å². The molecule has 0 aliphatic heterocycles. The second-order valence-electron chi connectivity index (χ2n) is 3.06. The smallest absolute Gasteiger partial charge is 0.328 e. The topological polar surface area (TPSA) is 49.3 Å². The molecule has 0 saturated carbocycles. The molecule has 0 bridgehead atoms. The molecule has 16 heavy (non-hydrogen) atoms. The Labute approximate surface area is 98.8 Å². The number of hydrogen-bond donors (Lipinski definition) is 2. The third-order valence-electron chi connectivity index (χ3n) is 1.74. The minimum atomic E-state index is -0.935. The van der Waals surface area contributed by atoms with Gasteiger partial charge in [0, 0.05) is 34.9 Å². The van der Waals surface area contributed by atoms with E-state index >= 15 is 0 Å². The number of rotatable bonds is 4. The van der Waals surface area contributed by atoms with Crippen molar-refractivity contribution in [2.75, 3.05) is 13.6 Å². The van der Waals surface area contributed by atoms with Crippen LogP contribution in [-0.2, 0) is 4.79 Å². The fourth-order valence-corrected chi connectivity index (χ4v) is 1.74. The second-order valence-corrected chi connectivity index (χ2v) is 4.01. The van der Waals surface area contributed by atoms with Crippen molar-refractivity contribution in [3.8, 4) is 11.8 Å². The van der Waals surface area contributed by atoms with Crippen molar-refractivity contribution in [1.29, 1.82) is 0 Å². The molecule has 4 heteroatoms. The summed E-state index contributed by atoms with van der Waals surface area (Å²) >= 11 is 1.49. The highest BCUT2D eigenvalue weighted by Crippen LogP contribution is 2.15. The number of nitrogens with one attached hydrogen (secondary N) is 1. The Bertz CT molecular complexity index is 437. The Morgan fingerprint density at radius 3 is 3.19 bits per heavy atom. The summed E-state index contributed by atoms with van der Waals surface area (Å²) in [4.78, 5) is 11.2. The van der Waals surface area contributed by atoms with Crippen molar-refractivity contribution in [3.05, 3.63) is 28.0 Å². The number of thiophene rings is 1. The molecule has 2 N–H and O–H groups in total. The van der Waals surface area contributed by atoms with Crippen LogP contribution in [0.1, 0.15) is 16.9 Å². The third kappa shape index (κ3) is 4.78. The van der Waals surface area contributed by atoms with E-state index in [1.54, 1.807) is 6.08 Å². The number of carbonyl (C=O) groups is 1. The van der Waals surface area contributed by atoms with Gasteiger partial charge in [-0.1, -0.05) is 11.8 Å². The molecule has 0 unspecified atom stereocenters. The quantitative estimate of drug-likeness (QED) is 0.475. The Morgan fingerprint density at radius 1 is 1.69 bits per heavy atom. The van der Waals surface area contributed by atoms with Gasteiger partial charge < -0.3 is 10.4 Å². The SMILES string of the molecule is CNCCC#Cc1csc(/C=C/C(=O)O)c1. The van der Waals surface area contributed by atoms with E-state index in [0.717, 1.165) is 29.5 Å². The first-order valence-corrected chi connectivity index (χ1v) is 5.73. The first kappa shape index (κ1) is 12.5. The molecule has 0 fully saturated rings. The molecule has 1 heterocycles. The summed E-state index contributed by atoms with van der Waals surface area (Å²) in [5, 5.41) is 13.4. The molecular formula is C12H13NO2S. The van der Waals surface area contributed by atoms with E-state index in [1.165, 1.54) is 11.3 Å². The van der Waals surface area contributed by atoms with Crippen molar-refractivity contribution in [3.63, 3.8) is 0 Å². The van der Waals surface area contributed by atoms with Gasteiger partial charge in [0.05, 0.1) is 0 Å². The molecule has 0 aliphatic rings. The predicted molar refractivity (Wildman–Crippen MR) is 66.4 cm³/mol. The summed E-state index contributed by atoms with van der Waals surface area (Å²) in [5.41, 5.74) is 0.936. The largest absolute Gasteiger partial charge is 0.478 e. The monoisotopic (exact) mass is 235 g/mol. The van der Waals surface area contributed by atoms with Crippen LogP contribution in [0.4, 0.5) is 0 Å². The van der Waals surface area contributed by atoms with E-state index in [4.69, 9.17) is 5.11 Å². The Morgan fingerprint density at radius 2 is 2.50 bits per heavy atom. The Hall–Kier alpha value is -1.57. The van der Waals surface area contributed by atoms with E-state index in [9.17, 15) is 4.79 Å². The van der Waals surface area contributed by atoms with Crippen LogP contribution in [0.3, 0.4) is 0 Å². The minimum absolute atomic E-state index is 0.812. The van der Waals surface area contributed by atoms with Crippen LogP contribution >= 0.6 is 11.3 Å². The average molecular weight is 235 g/mol. The predicted octanol–water partition coefficient (Wildman–Crippen LogP) is 1.81. The molecule has 0 aromatic carbocycles. The summed E-state index contributed by atoms with van der Waals surface area (Å²) in [7, 11) is 1.89. The lowest BCUT2D eigenvalue weighted by Crippen LogP contribution is -2.05. The molecule has 0 aliphatic carbocycles. The van der Waals surface area contributed by atoms with E-state index in [0.29, 0.717) is 0 Å². The summed E-state index contributed by atoms with van der Waals surface area (Å²) in [6.45, 7) is 0.878. The molecule has 1 aromatic heterocycles. The highest BCUT2D eigenvalue weighted by Gasteiger charge is 1.94.